The first-order valence-electron chi connectivity index (χ1n) is 1.94. The van der Waals surface area contributed by atoms with Crippen LogP contribution in [0, 0.1) is 0 Å². The van der Waals surface area contributed by atoms with Crippen LogP contribution in [0.4, 0.5) is 0 Å². The highest BCUT2D eigenvalue weighted by molar-refractivity contribution is 6.06. The molecule has 4 heteroatoms. The molecule has 0 saturated carbocycles. The molecule has 1 N–H and O–H groups in total. The molecule has 0 aliphatic rings. The number of carbonyl (C=O) groups is 1. The van der Waals surface area contributed by atoms with Crippen LogP contribution in [0.1, 0.15) is 6.92 Å². The average molecular weight is 120 g/mol. The van der Waals surface area contributed by atoms with Crippen LogP contribution in [0.2, 0.25) is 0 Å². The minimum Gasteiger partial charge on any atom is -0.527 e. The molecule has 1 unspecified atom stereocenters. The van der Waals surface area contributed by atoms with E-state index in [2.05, 4.69) is 4.43 Å². The Kier molecular flexibility index (Phi) is 2.62. The fourth-order valence-corrected chi connectivity index (χ4v) is 0.512. The smallest absolute Gasteiger partial charge is 0.320 e. The van der Waals surface area contributed by atoms with E-state index in [1.165, 1.54) is 6.92 Å². The van der Waals surface area contributed by atoms with Gasteiger partial charge in [0.1, 0.15) is 6.10 Å². The topological polar surface area (TPSA) is 46.5 Å². The molecule has 0 aromatic heterocycles. The van der Waals surface area contributed by atoms with Gasteiger partial charge in [-0.3, -0.25) is 4.79 Å². The normalized spacial score (nSPS) is 13.4. The summed E-state index contributed by atoms with van der Waals surface area (Å²) in [6, 6.07) is 0. The zero-order valence-electron chi connectivity index (χ0n) is 4.34. The molecule has 42 valence electrons. The Bertz CT molecular complexity index is 70.6. The lowest BCUT2D eigenvalue weighted by Crippen LogP contribution is -2.17. The average Bonchev–Trinajstić information content (AvgIpc) is 1.65. The van der Waals surface area contributed by atoms with Gasteiger partial charge in [-0.2, -0.15) is 0 Å². The zero-order valence-corrected chi connectivity index (χ0v) is 6.34. The first-order valence-corrected chi connectivity index (χ1v) is 2.76. The van der Waals surface area contributed by atoms with Crippen LogP contribution in [-0.4, -0.2) is 27.7 Å². The number of hydrogen-bond acceptors (Lipinski definition) is 3. The molecule has 0 aromatic rings. The van der Waals surface area contributed by atoms with E-state index in [1.807, 2.05) is 0 Å². The summed E-state index contributed by atoms with van der Waals surface area (Å²) in [5, 5.41) is 8.37. The first kappa shape index (κ1) is 6.65. The van der Waals surface area contributed by atoms with Crippen LogP contribution in [0.3, 0.4) is 0 Å². The van der Waals surface area contributed by atoms with Crippen LogP contribution < -0.4 is 0 Å². The quantitative estimate of drug-likeness (QED) is 0.415. The van der Waals surface area contributed by atoms with Crippen molar-refractivity contribution in [3.05, 3.63) is 0 Å². The van der Waals surface area contributed by atoms with Crippen molar-refractivity contribution in [2.75, 3.05) is 0 Å². The fourth-order valence-electron chi connectivity index (χ4n) is 0.171. The van der Waals surface area contributed by atoms with Gasteiger partial charge in [-0.1, -0.05) is 0 Å². The molecule has 0 heterocycles. The van der Waals surface area contributed by atoms with Gasteiger partial charge >= 0.3 is 5.97 Å². The van der Waals surface area contributed by atoms with Crippen molar-refractivity contribution in [2.45, 2.75) is 13.0 Å². The van der Waals surface area contributed by atoms with Crippen molar-refractivity contribution in [3.8, 4) is 0 Å². The van der Waals surface area contributed by atoms with Gasteiger partial charge < -0.3 is 9.53 Å². The Morgan fingerprint density at radius 3 is 2.43 bits per heavy atom. The Balaban J connectivity index is 3.35. The third kappa shape index (κ3) is 2.36. The molecule has 0 radical (unpaired) electrons. The summed E-state index contributed by atoms with van der Waals surface area (Å²) >= 11 is 0. The summed E-state index contributed by atoms with van der Waals surface area (Å²) < 4.78 is 4.26. The highest BCUT2D eigenvalue weighted by Gasteiger charge is 2.04. The molecule has 0 saturated heterocycles. The summed E-state index contributed by atoms with van der Waals surface area (Å²) in [7, 11) is 0.361. The molecule has 0 amide bonds. The van der Waals surface area contributed by atoms with Crippen LogP contribution in [0.15, 0.2) is 0 Å². The zero-order chi connectivity index (χ0) is 5.86. The maximum absolute atomic E-state index is 10.1. The molecule has 0 bridgehead atoms. The van der Waals surface area contributed by atoms with E-state index in [0.717, 1.165) is 0 Å². The van der Waals surface area contributed by atoms with Crippen molar-refractivity contribution in [1.29, 1.82) is 0 Å². The molecule has 7 heavy (non-hydrogen) atoms. The van der Waals surface area contributed by atoms with E-state index < -0.39 is 12.1 Å². The number of aliphatic hydroxyl groups excluding tert-OH is 1. The monoisotopic (exact) mass is 120 g/mol. The van der Waals surface area contributed by atoms with Crippen LogP contribution >= 0.6 is 0 Å². The van der Waals surface area contributed by atoms with Gasteiger partial charge in [0.15, 0.2) is 0 Å². The van der Waals surface area contributed by atoms with Gasteiger partial charge in [0.05, 0.1) is 0 Å². The number of hydrogen-bond donors (Lipinski definition) is 1. The molecule has 0 aliphatic carbocycles. The van der Waals surface area contributed by atoms with E-state index >= 15 is 0 Å². The van der Waals surface area contributed by atoms with Crippen molar-refractivity contribution in [1.82, 2.24) is 0 Å². The second kappa shape index (κ2) is 2.76. The molecule has 1 atom stereocenters. The van der Waals surface area contributed by atoms with Crippen LogP contribution in [0.5, 0.6) is 0 Å². The van der Waals surface area contributed by atoms with Crippen LogP contribution in [-0.2, 0) is 9.22 Å². The molecular formula is C3H8O3Si. The molecule has 0 fully saturated rings. The Morgan fingerprint density at radius 2 is 2.43 bits per heavy atom. The summed E-state index contributed by atoms with van der Waals surface area (Å²) in [5.41, 5.74) is 0. The second-order valence-electron chi connectivity index (χ2n) is 1.20. The molecular weight excluding hydrogens is 112 g/mol. The van der Waals surface area contributed by atoms with Gasteiger partial charge in [-0.15, -0.1) is 0 Å². The molecule has 0 aliphatic heterocycles. The van der Waals surface area contributed by atoms with Crippen molar-refractivity contribution in [3.63, 3.8) is 0 Å². The Morgan fingerprint density at radius 1 is 2.00 bits per heavy atom. The van der Waals surface area contributed by atoms with Crippen LogP contribution in [0.25, 0.3) is 0 Å². The number of rotatable bonds is 1. The van der Waals surface area contributed by atoms with Gasteiger partial charge in [0, 0.05) is 0 Å². The maximum Gasteiger partial charge on any atom is 0.320 e. The SMILES string of the molecule is CC(O)C(=O)O[SiH3]. The van der Waals surface area contributed by atoms with E-state index in [1.54, 1.807) is 0 Å². The lowest BCUT2D eigenvalue weighted by Gasteiger charge is -1.98. The second-order valence-corrected chi connectivity index (χ2v) is 1.61. The van der Waals surface area contributed by atoms with Crippen molar-refractivity contribution in [2.24, 2.45) is 0 Å². The first-order chi connectivity index (χ1) is 3.18. The minimum absolute atomic E-state index is 0.361. The summed E-state index contributed by atoms with van der Waals surface area (Å²) in [6.45, 7) is 1.38. The minimum atomic E-state index is -0.961. The molecule has 0 rings (SSSR count). The molecule has 3 nitrogen and oxygen atoms in total. The highest BCUT2D eigenvalue weighted by Crippen LogP contribution is 1.80. The van der Waals surface area contributed by atoms with Gasteiger partial charge in [-0.05, 0) is 6.92 Å². The van der Waals surface area contributed by atoms with E-state index in [-0.39, 0.29) is 0 Å². The third-order valence-corrected chi connectivity index (χ3v) is 0.945. The number of carbonyl (C=O) groups excluding carboxylic acids is 1. The Hall–Kier alpha value is -0.353. The molecule has 0 aromatic carbocycles. The van der Waals surface area contributed by atoms with Gasteiger partial charge in [0.25, 0.3) is 0 Å². The van der Waals surface area contributed by atoms with Gasteiger partial charge in [-0.25, -0.2) is 0 Å². The third-order valence-electron chi connectivity index (χ3n) is 0.542. The standard InChI is InChI=1S/C3H8O3Si/c1-2(4)3(5)6-7/h2,4H,1,7H3. The Labute approximate surface area is 44.8 Å². The lowest BCUT2D eigenvalue weighted by atomic mass is 10.4. The predicted molar refractivity (Wildman–Crippen MR) is 27.7 cm³/mol. The summed E-state index contributed by atoms with van der Waals surface area (Å²) in [4.78, 5) is 10.1. The van der Waals surface area contributed by atoms with E-state index in [0.29, 0.717) is 10.5 Å². The van der Waals surface area contributed by atoms with Gasteiger partial charge in [0.2, 0.25) is 10.5 Å². The van der Waals surface area contributed by atoms with E-state index in [9.17, 15) is 4.79 Å². The highest BCUT2D eigenvalue weighted by atomic mass is 28.2. The van der Waals surface area contributed by atoms with Crippen molar-refractivity contribution >= 4 is 16.5 Å². The lowest BCUT2D eigenvalue weighted by molar-refractivity contribution is -0.142. The largest absolute Gasteiger partial charge is 0.527 e. The predicted octanol–water partition coefficient (Wildman–Crippen LogP) is -1.81. The fraction of sp³-hybridized carbons (Fsp3) is 0.667. The molecule has 0 spiro atoms. The summed E-state index contributed by atoms with van der Waals surface area (Å²) in [5.74, 6) is -0.535. The van der Waals surface area contributed by atoms with E-state index in [4.69, 9.17) is 5.11 Å². The maximum atomic E-state index is 10.1. The summed E-state index contributed by atoms with van der Waals surface area (Å²) in [6.07, 6.45) is -0.961. The number of aliphatic hydroxyl groups is 1. The van der Waals surface area contributed by atoms with Crippen molar-refractivity contribution < 1.29 is 14.3 Å².